The van der Waals surface area contributed by atoms with Crippen molar-refractivity contribution in [2.75, 3.05) is 11.5 Å². The van der Waals surface area contributed by atoms with Gasteiger partial charge in [-0.1, -0.05) is 6.07 Å². The Bertz CT molecular complexity index is 1820. The van der Waals surface area contributed by atoms with Crippen LogP contribution in [0.15, 0.2) is 18.2 Å². The number of nitrogens with two attached hydrogens (primary N) is 1. The van der Waals surface area contributed by atoms with Crippen molar-refractivity contribution in [3.05, 3.63) is 40.5 Å². The molecule has 2 N–H and O–H groups in total. The van der Waals surface area contributed by atoms with Crippen LogP contribution in [-0.2, 0) is 14.2 Å². The summed E-state index contributed by atoms with van der Waals surface area (Å²) in [4.78, 5) is 46.4. The highest BCUT2D eigenvalue weighted by molar-refractivity contribution is 6.13. The second-order valence-corrected chi connectivity index (χ2v) is 15.5. The lowest BCUT2D eigenvalue weighted by atomic mass is 10.1. The van der Waals surface area contributed by atoms with Gasteiger partial charge in [-0.15, -0.1) is 0 Å². The van der Waals surface area contributed by atoms with Crippen LogP contribution in [0.25, 0.3) is 16.7 Å². The molecular weight excluding hydrogens is 630 g/mol. The van der Waals surface area contributed by atoms with Crippen LogP contribution in [0.1, 0.15) is 97.4 Å². The summed E-state index contributed by atoms with van der Waals surface area (Å²) < 4.78 is 30.0. The molecule has 1 aliphatic carbocycles. The Labute approximate surface area is 287 Å². The highest BCUT2D eigenvalue weighted by Crippen LogP contribution is 2.42. The highest BCUT2D eigenvalue weighted by atomic mass is 16.7. The minimum absolute atomic E-state index is 0.0522. The third-order valence-corrected chi connectivity index (χ3v) is 7.32. The Hall–Kier alpha value is -4.83. The van der Waals surface area contributed by atoms with Gasteiger partial charge >= 0.3 is 18.3 Å². The number of anilines is 1. The number of rotatable bonds is 6. The van der Waals surface area contributed by atoms with Crippen LogP contribution in [0.2, 0.25) is 0 Å². The number of nitrogens with zero attached hydrogens (tertiary/aromatic N) is 4. The second-order valence-electron chi connectivity index (χ2n) is 15.5. The summed E-state index contributed by atoms with van der Waals surface area (Å²) in [5, 5.41) is 11.0. The standard InChI is InChI=1S/C36H47N5O8/c1-20-13-14-25(46-32(44)49-35(10,11)12)22(3)26(20)40-27-23(17-21(2)28(39-27)45-19-36(38)15-16-36)24(18-37)29(40)41(30(42)47-33(4,5)6)31(43)48-34(7,8)9/h13-14,17H,15-16,19,38H2,1-12H3. The number of carbonyl (C=O) groups is 3. The number of hydrogen-bond acceptors (Lipinski definition) is 11. The van der Waals surface area contributed by atoms with Crippen LogP contribution in [0, 0.1) is 32.1 Å². The molecule has 0 spiro atoms. The topological polar surface area (TPSA) is 168 Å². The molecule has 2 heterocycles. The Kier molecular flexibility index (Phi) is 9.73. The first-order valence-electron chi connectivity index (χ1n) is 16.1. The van der Waals surface area contributed by atoms with Crippen molar-refractivity contribution in [3.63, 3.8) is 0 Å². The fraction of sp³-hybridized carbons (Fsp3) is 0.528. The number of aromatic nitrogens is 2. The molecule has 13 heteroatoms. The Morgan fingerprint density at radius 3 is 1.96 bits per heavy atom. The zero-order valence-corrected chi connectivity index (χ0v) is 30.5. The van der Waals surface area contributed by atoms with Crippen LogP contribution < -0.4 is 20.1 Å². The molecule has 2 aromatic heterocycles. The van der Waals surface area contributed by atoms with Gasteiger partial charge in [0.2, 0.25) is 5.88 Å². The molecule has 1 fully saturated rings. The summed E-state index contributed by atoms with van der Waals surface area (Å²) in [6.07, 6.45) is -1.45. The molecule has 49 heavy (non-hydrogen) atoms. The van der Waals surface area contributed by atoms with E-state index in [4.69, 9.17) is 34.4 Å². The minimum atomic E-state index is -1.08. The Morgan fingerprint density at radius 1 is 0.918 bits per heavy atom. The van der Waals surface area contributed by atoms with E-state index < -0.39 is 40.7 Å². The van der Waals surface area contributed by atoms with Gasteiger partial charge in [0.25, 0.3) is 0 Å². The number of nitriles is 1. The first-order valence-corrected chi connectivity index (χ1v) is 16.1. The lowest BCUT2D eigenvalue weighted by Gasteiger charge is -2.29. The van der Waals surface area contributed by atoms with Crippen molar-refractivity contribution in [3.8, 4) is 23.4 Å². The number of imide groups is 1. The lowest BCUT2D eigenvalue weighted by Crippen LogP contribution is -2.45. The van der Waals surface area contributed by atoms with E-state index in [1.165, 1.54) is 4.57 Å². The average molecular weight is 678 g/mol. The van der Waals surface area contributed by atoms with E-state index in [2.05, 4.69) is 6.07 Å². The van der Waals surface area contributed by atoms with Crippen LogP contribution in [0.5, 0.6) is 11.6 Å². The molecule has 0 saturated heterocycles. The molecule has 0 radical (unpaired) electrons. The molecule has 4 rings (SSSR count). The van der Waals surface area contributed by atoms with Crippen LogP contribution in [0.3, 0.4) is 0 Å². The van der Waals surface area contributed by atoms with E-state index in [0.717, 1.165) is 12.8 Å². The maximum atomic E-state index is 14.0. The lowest BCUT2D eigenvalue weighted by molar-refractivity contribution is 0.0203. The van der Waals surface area contributed by atoms with Gasteiger partial charge in [0.1, 0.15) is 40.8 Å². The van der Waals surface area contributed by atoms with Crippen molar-refractivity contribution in [1.82, 2.24) is 9.55 Å². The molecule has 0 aliphatic heterocycles. The largest absolute Gasteiger partial charge is 0.514 e. The normalized spacial score (nSPS) is 14.1. The zero-order chi connectivity index (χ0) is 36.9. The first-order chi connectivity index (χ1) is 22.4. The van der Waals surface area contributed by atoms with E-state index in [9.17, 15) is 19.6 Å². The molecular formula is C36H47N5O8. The zero-order valence-electron chi connectivity index (χ0n) is 30.5. The molecule has 13 nitrogen and oxygen atoms in total. The summed E-state index contributed by atoms with van der Waals surface area (Å²) >= 11 is 0. The van der Waals surface area contributed by atoms with Crippen molar-refractivity contribution >= 4 is 35.2 Å². The van der Waals surface area contributed by atoms with Crippen molar-refractivity contribution in [1.29, 1.82) is 5.26 Å². The number of fused-ring (bicyclic) bond motifs is 1. The second kappa shape index (κ2) is 12.9. The smallest absolute Gasteiger partial charge is 0.475 e. The quantitative estimate of drug-likeness (QED) is 0.154. The highest BCUT2D eigenvalue weighted by Gasteiger charge is 2.41. The molecule has 1 saturated carbocycles. The van der Waals surface area contributed by atoms with Crippen LogP contribution in [0.4, 0.5) is 20.2 Å². The monoisotopic (exact) mass is 677 g/mol. The van der Waals surface area contributed by atoms with Gasteiger partial charge in [-0.25, -0.2) is 14.4 Å². The summed E-state index contributed by atoms with van der Waals surface area (Å²) in [6, 6.07) is 7.20. The van der Waals surface area contributed by atoms with E-state index in [1.807, 2.05) is 0 Å². The summed E-state index contributed by atoms with van der Waals surface area (Å²) in [6.45, 7) is 20.6. The molecule has 1 aromatic carbocycles. The maximum absolute atomic E-state index is 14.0. The Morgan fingerprint density at radius 2 is 1.47 bits per heavy atom. The predicted molar refractivity (Wildman–Crippen MR) is 183 cm³/mol. The molecule has 3 aromatic rings. The van der Waals surface area contributed by atoms with Crippen LogP contribution in [-0.4, -0.2) is 56.8 Å². The van der Waals surface area contributed by atoms with E-state index in [1.54, 1.807) is 101 Å². The van der Waals surface area contributed by atoms with E-state index >= 15 is 0 Å². The van der Waals surface area contributed by atoms with Gasteiger partial charge in [-0.2, -0.15) is 15.1 Å². The minimum Gasteiger partial charge on any atom is -0.475 e. The van der Waals surface area contributed by atoms with Crippen LogP contribution >= 0.6 is 0 Å². The summed E-state index contributed by atoms with van der Waals surface area (Å²) in [7, 11) is 0. The molecule has 264 valence electrons. The maximum Gasteiger partial charge on any atom is 0.514 e. The number of pyridine rings is 1. The SMILES string of the molecule is Cc1cc2c(C#N)c(N(C(=O)OC(C)(C)C)C(=O)OC(C)(C)C)n(-c3c(C)ccc(OC(=O)OC(C)(C)C)c3C)c2nc1OCC1(N)CC1. The molecule has 2 amide bonds. The number of carbonyl (C=O) groups excluding carboxylic acids is 3. The molecule has 0 atom stereocenters. The molecule has 1 aliphatic rings. The number of ether oxygens (including phenoxy) is 5. The number of amides is 2. The number of hydrogen-bond donors (Lipinski definition) is 1. The molecule has 0 bridgehead atoms. The van der Waals surface area contributed by atoms with Gasteiger partial charge in [-0.05, 0) is 114 Å². The fourth-order valence-corrected chi connectivity index (χ4v) is 4.97. The Balaban J connectivity index is 2.10. The number of aryl methyl sites for hydroxylation is 2. The van der Waals surface area contributed by atoms with E-state index in [0.29, 0.717) is 32.7 Å². The summed E-state index contributed by atoms with van der Waals surface area (Å²) in [5.41, 5.74) is 5.17. The third kappa shape index (κ3) is 8.61. The third-order valence-electron chi connectivity index (χ3n) is 7.32. The summed E-state index contributed by atoms with van der Waals surface area (Å²) in [5.74, 6) is 0.226. The number of benzene rings is 1. The first kappa shape index (κ1) is 37.0. The van der Waals surface area contributed by atoms with Gasteiger partial charge in [0.15, 0.2) is 11.5 Å². The van der Waals surface area contributed by atoms with Crippen molar-refractivity contribution in [2.24, 2.45) is 5.73 Å². The van der Waals surface area contributed by atoms with E-state index in [-0.39, 0.29) is 35.3 Å². The van der Waals surface area contributed by atoms with Gasteiger partial charge in [-0.3, -0.25) is 4.57 Å². The van der Waals surface area contributed by atoms with Crippen molar-refractivity contribution in [2.45, 2.75) is 118 Å². The predicted octanol–water partition coefficient (Wildman–Crippen LogP) is 7.68. The van der Waals surface area contributed by atoms with Gasteiger partial charge in [0, 0.05) is 16.5 Å². The van der Waals surface area contributed by atoms with Gasteiger partial charge < -0.3 is 29.4 Å². The molecule has 0 unspecified atom stereocenters. The van der Waals surface area contributed by atoms with Crippen molar-refractivity contribution < 1.29 is 38.1 Å². The van der Waals surface area contributed by atoms with Gasteiger partial charge in [0.05, 0.1) is 11.2 Å². The fourth-order valence-electron chi connectivity index (χ4n) is 4.97. The average Bonchev–Trinajstić information content (AvgIpc) is 3.59.